The van der Waals surface area contributed by atoms with Gasteiger partial charge >= 0.3 is 0 Å². The van der Waals surface area contributed by atoms with Crippen LogP contribution in [0.2, 0.25) is 0 Å². The second-order valence-corrected chi connectivity index (χ2v) is 4.58. The van der Waals surface area contributed by atoms with Gasteiger partial charge in [0, 0.05) is 12.1 Å². The monoisotopic (exact) mass is 271 g/mol. The number of para-hydroxylation sites is 1. The van der Waals surface area contributed by atoms with E-state index in [-0.39, 0.29) is 6.10 Å². The third-order valence-electron chi connectivity index (χ3n) is 3.31. The van der Waals surface area contributed by atoms with E-state index in [1.165, 1.54) is 5.56 Å². The third kappa shape index (κ3) is 3.31. The Morgan fingerprint density at radius 1 is 1.05 bits per heavy atom. The quantitative estimate of drug-likeness (QED) is 0.876. The third-order valence-corrected chi connectivity index (χ3v) is 3.31. The molecule has 3 nitrogen and oxygen atoms in total. The van der Waals surface area contributed by atoms with Crippen molar-refractivity contribution in [1.29, 1.82) is 0 Å². The Labute approximate surface area is 120 Å². The van der Waals surface area contributed by atoms with Crippen LogP contribution in [0.25, 0.3) is 0 Å². The minimum Gasteiger partial charge on any atom is -0.496 e. The van der Waals surface area contributed by atoms with E-state index in [0.29, 0.717) is 6.54 Å². The first-order valence-electron chi connectivity index (χ1n) is 6.87. The molecule has 1 unspecified atom stereocenters. The number of aryl methyl sites for hydroxylation is 1. The molecule has 0 spiro atoms. The number of hydrogen-bond donors (Lipinski definition) is 1. The molecule has 0 aliphatic carbocycles. The molecule has 2 aromatic rings. The summed E-state index contributed by atoms with van der Waals surface area (Å²) < 4.78 is 11.4. The Hall–Kier alpha value is -2.00. The predicted octanol–water partition coefficient (Wildman–Crippen LogP) is 3.34. The lowest BCUT2D eigenvalue weighted by Crippen LogP contribution is -2.19. The minimum absolute atomic E-state index is 0.210. The fourth-order valence-corrected chi connectivity index (χ4v) is 2.14. The first kappa shape index (κ1) is 14.4. The van der Waals surface area contributed by atoms with Crippen LogP contribution in [0.15, 0.2) is 48.5 Å². The summed E-state index contributed by atoms with van der Waals surface area (Å²) in [6.07, 6.45) is 0.811. The van der Waals surface area contributed by atoms with Gasteiger partial charge in [0.15, 0.2) is 0 Å². The van der Waals surface area contributed by atoms with Gasteiger partial charge in [-0.15, -0.1) is 0 Å². The topological polar surface area (TPSA) is 44.5 Å². The number of methoxy groups -OCH3 is 1. The summed E-state index contributed by atoms with van der Waals surface area (Å²) in [7, 11) is 1.66. The average Bonchev–Trinajstić information content (AvgIpc) is 2.53. The molecule has 2 aromatic carbocycles. The van der Waals surface area contributed by atoms with Gasteiger partial charge < -0.3 is 15.2 Å². The highest BCUT2D eigenvalue weighted by Crippen LogP contribution is 2.28. The van der Waals surface area contributed by atoms with Crippen molar-refractivity contribution in [3.8, 4) is 11.5 Å². The Morgan fingerprint density at radius 3 is 2.35 bits per heavy atom. The van der Waals surface area contributed by atoms with Gasteiger partial charge in [-0.05, 0) is 30.2 Å². The van der Waals surface area contributed by atoms with Crippen molar-refractivity contribution in [3.05, 3.63) is 59.7 Å². The molecule has 20 heavy (non-hydrogen) atoms. The molecule has 3 heteroatoms. The zero-order valence-electron chi connectivity index (χ0n) is 12.0. The van der Waals surface area contributed by atoms with Crippen LogP contribution in [-0.4, -0.2) is 13.7 Å². The summed E-state index contributed by atoms with van der Waals surface area (Å²) in [5, 5.41) is 0. The van der Waals surface area contributed by atoms with Crippen LogP contribution in [0.5, 0.6) is 11.5 Å². The second kappa shape index (κ2) is 6.96. The highest BCUT2D eigenvalue weighted by molar-refractivity contribution is 5.36. The minimum atomic E-state index is -0.210. The van der Waals surface area contributed by atoms with E-state index < -0.39 is 0 Å². The van der Waals surface area contributed by atoms with Crippen LogP contribution in [0, 0.1) is 0 Å². The summed E-state index contributed by atoms with van der Waals surface area (Å²) >= 11 is 0. The van der Waals surface area contributed by atoms with Crippen molar-refractivity contribution in [2.75, 3.05) is 13.7 Å². The molecule has 0 saturated heterocycles. The number of nitrogens with two attached hydrogens (primary N) is 1. The average molecular weight is 271 g/mol. The SMILES string of the molecule is CCc1ccc(OC(CN)c2ccccc2OC)cc1. The molecular formula is C17H21NO2. The largest absolute Gasteiger partial charge is 0.496 e. The molecule has 2 N–H and O–H groups in total. The molecule has 1 atom stereocenters. The Bertz CT molecular complexity index is 537. The molecule has 0 bridgehead atoms. The molecule has 0 amide bonds. The Balaban J connectivity index is 2.19. The lowest BCUT2D eigenvalue weighted by Gasteiger charge is -2.20. The van der Waals surface area contributed by atoms with E-state index in [1.54, 1.807) is 7.11 Å². The fraction of sp³-hybridized carbons (Fsp3) is 0.294. The molecular weight excluding hydrogens is 250 g/mol. The zero-order valence-corrected chi connectivity index (χ0v) is 12.0. The van der Waals surface area contributed by atoms with Gasteiger partial charge in [-0.2, -0.15) is 0 Å². The molecule has 0 fully saturated rings. The van der Waals surface area contributed by atoms with Crippen LogP contribution in [0.1, 0.15) is 24.2 Å². The van der Waals surface area contributed by atoms with Gasteiger partial charge in [0.2, 0.25) is 0 Å². The normalized spacial score (nSPS) is 11.9. The van der Waals surface area contributed by atoms with E-state index >= 15 is 0 Å². The van der Waals surface area contributed by atoms with Crippen molar-refractivity contribution >= 4 is 0 Å². The van der Waals surface area contributed by atoms with Crippen LogP contribution < -0.4 is 15.2 Å². The van der Waals surface area contributed by atoms with Crippen molar-refractivity contribution in [3.63, 3.8) is 0 Å². The highest BCUT2D eigenvalue weighted by atomic mass is 16.5. The van der Waals surface area contributed by atoms with E-state index in [2.05, 4.69) is 19.1 Å². The van der Waals surface area contributed by atoms with Crippen molar-refractivity contribution in [2.24, 2.45) is 5.73 Å². The first-order chi connectivity index (χ1) is 9.78. The molecule has 0 aliphatic heterocycles. The summed E-state index contributed by atoms with van der Waals surface area (Å²) in [5.74, 6) is 1.62. The van der Waals surface area contributed by atoms with Crippen LogP contribution in [-0.2, 0) is 6.42 Å². The number of ether oxygens (including phenoxy) is 2. The fourth-order valence-electron chi connectivity index (χ4n) is 2.14. The molecule has 0 radical (unpaired) electrons. The van der Waals surface area contributed by atoms with Crippen LogP contribution in [0.4, 0.5) is 0 Å². The number of hydrogen-bond acceptors (Lipinski definition) is 3. The maximum absolute atomic E-state index is 5.99. The number of rotatable bonds is 6. The smallest absolute Gasteiger partial charge is 0.139 e. The van der Waals surface area contributed by atoms with E-state index in [4.69, 9.17) is 15.2 Å². The van der Waals surface area contributed by atoms with Crippen molar-refractivity contribution < 1.29 is 9.47 Å². The standard InChI is InChI=1S/C17H21NO2/c1-3-13-8-10-14(11-9-13)20-17(12-18)15-6-4-5-7-16(15)19-2/h4-11,17H,3,12,18H2,1-2H3. The lowest BCUT2D eigenvalue weighted by atomic mass is 10.1. The summed E-state index contributed by atoms with van der Waals surface area (Å²) in [6.45, 7) is 2.53. The lowest BCUT2D eigenvalue weighted by molar-refractivity contribution is 0.209. The molecule has 0 saturated carbocycles. The molecule has 2 rings (SSSR count). The summed E-state index contributed by atoms with van der Waals surface area (Å²) in [5.41, 5.74) is 8.11. The van der Waals surface area contributed by atoms with E-state index in [9.17, 15) is 0 Å². The first-order valence-corrected chi connectivity index (χ1v) is 6.87. The Kier molecular flexibility index (Phi) is 5.02. The van der Waals surface area contributed by atoms with Gasteiger partial charge in [-0.25, -0.2) is 0 Å². The van der Waals surface area contributed by atoms with Crippen LogP contribution in [0.3, 0.4) is 0 Å². The van der Waals surface area contributed by atoms with E-state index in [0.717, 1.165) is 23.5 Å². The van der Waals surface area contributed by atoms with Gasteiger partial charge in [-0.3, -0.25) is 0 Å². The maximum atomic E-state index is 5.99. The maximum Gasteiger partial charge on any atom is 0.139 e. The molecule has 0 aliphatic rings. The Morgan fingerprint density at radius 2 is 1.75 bits per heavy atom. The predicted molar refractivity (Wildman–Crippen MR) is 81.2 cm³/mol. The summed E-state index contributed by atoms with van der Waals surface area (Å²) in [6, 6.07) is 15.9. The van der Waals surface area contributed by atoms with Gasteiger partial charge in [-0.1, -0.05) is 37.3 Å². The number of benzene rings is 2. The van der Waals surface area contributed by atoms with Gasteiger partial charge in [0.1, 0.15) is 17.6 Å². The van der Waals surface area contributed by atoms with Gasteiger partial charge in [0.05, 0.1) is 7.11 Å². The van der Waals surface area contributed by atoms with E-state index in [1.807, 2.05) is 36.4 Å². The molecule has 0 heterocycles. The van der Waals surface area contributed by atoms with Crippen LogP contribution >= 0.6 is 0 Å². The zero-order chi connectivity index (χ0) is 14.4. The molecule has 0 aromatic heterocycles. The van der Waals surface area contributed by atoms with Crippen molar-refractivity contribution in [2.45, 2.75) is 19.4 Å². The molecule has 106 valence electrons. The highest BCUT2D eigenvalue weighted by Gasteiger charge is 2.16. The summed E-state index contributed by atoms with van der Waals surface area (Å²) in [4.78, 5) is 0. The second-order valence-electron chi connectivity index (χ2n) is 4.58. The van der Waals surface area contributed by atoms with Gasteiger partial charge in [0.25, 0.3) is 0 Å². The van der Waals surface area contributed by atoms with Crippen molar-refractivity contribution in [1.82, 2.24) is 0 Å².